The van der Waals surface area contributed by atoms with Gasteiger partial charge in [-0.1, -0.05) is 12.1 Å². The zero-order valence-electron chi connectivity index (χ0n) is 15.1. The Bertz CT molecular complexity index is 843. The lowest BCUT2D eigenvalue weighted by molar-refractivity contribution is 0.213. The van der Waals surface area contributed by atoms with Crippen LogP contribution >= 0.6 is 0 Å². The van der Waals surface area contributed by atoms with Crippen molar-refractivity contribution >= 4 is 11.7 Å². The Labute approximate surface area is 157 Å². The molecule has 2 heterocycles. The number of furan rings is 1. The van der Waals surface area contributed by atoms with Gasteiger partial charge >= 0.3 is 6.03 Å². The zero-order chi connectivity index (χ0) is 19.1. The van der Waals surface area contributed by atoms with Gasteiger partial charge < -0.3 is 20.2 Å². The molecule has 0 aliphatic rings. The highest BCUT2D eigenvalue weighted by atomic mass is 16.3. The van der Waals surface area contributed by atoms with Crippen LogP contribution in [0, 0.1) is 12.8 Å². The Morgan fingerprint density at radius 2 is 2.11 bits per heavy atom. The number of H-pyrrole nitrogens is 1. The van der Waals surface area contributed by atoms with Crippen LogP contribution in [0.3, 0.4) is 0 Å². The smallest absolute Gasteiger partial charge is 0.319 e. The Kier molecular flexibility index (Phi) is 6.22. The highest BCUT2D eigenvalue weighted by Gasteiger charge is 2.12. The Morgan fingerprint density at radius 1 is 1.30 bits per heavy atom. The molecule has 2 amide bonds. The second kappa shape index (κ2) is 9.00. The molecule has 8 heteroatoms. The number of nitrogens with one attached hydrogen (secondary N) is 3. The third-order valence-corrected chi connectivity index (χ3v) is 4.10. The van der Waals surface area contributed by atoms with Crippen LogP contribution in [-0.4, -0.2) is 39.5 Å². The minimum Gasteiger partial charge on any atom is -0.469 e. The molecule has 3 rings (SSSR count). The average molecular weight is 369 g/mol. The average Bonchev–Trinajstić information content (AvgIpc) is 3.32. The van der Waals surface area contributed by atoms with E-state index in [0.29, 0.717) is 25.1 Å². The minimum absolute atomic E-state index is 0.0314. The number of aliphatic hydroxyl groups excluding tert-OH is 1. The standard InChI is InChI=1S/C19H23N5O3/c1-13-21-18(24-23-13)10-14-4-6-16(7-5-14)22-19(26)20-11-15(12-25)9-17-3-2-8-27-17/h2-8,15,25H,9-12H2,1H3,(H2,20,22,26)(H,21,23,24)/t15-/m1/s1. The molecule has 0 aliphatic heterocycles. The normalized spacial score (nSPS) is 11.9. The zero-order valence-corrected chi connectivity index (χ0v) is 15.1. The van der Waals surface area contributed by atoms with Gasteiger partial charge in [0.1, 0.15) is 11.6 Å². The molecule has 1 aromatic carbocycles. The quantitative estimate of drug-likeness (QED) is 0.486. The highest BCUT2D eigenvalue weighted by Crippen LogP contribution is 2.12. The predicted octanol–water partition coefficient (Wildman–Crippen LogP) is 2.27. The molecule has 142 valence electrons. The SMILES string of the molecule is Cc1nc(Cc2ccc(NC(=O)NC[C@H](CO)Cc3ccco3)cc2)n[nH]1. The number of aryl methyl sites for hydroxylation is 1. The van der Waals surface area contributed by atoms with Gasteiger partial charge in [0, 0.05) is 37.6 Å². The van der Waals surface area contributed by atoms with E-state index in [1.54, 1.807) is 12.3 Å². The summed E-state index contributed by atoms with van der Waals surface area (Å²) < 4.78 is 5.27. The number of aliphatic hydroxyl groups is 1. The first-order valence-corrected chi connectivity index (χ1v) is 8.77. The molecule has 0 saturated heterocycles. The van der Waals surface area contributed by atoms with E-state index < -0.39 is 0 Å². The number of urea groups is 1. The van der Waals surface area contributed by atoms with Crippen molar-refractivity contribution < 1.29 is 14.3 Å². The van der Waals surface area contributed by atoms with E-state index in [4.69, 9.17) is 4.42 Å². The second-order valence-corrected chi connectivity index (χ2v) is 6.38. The highest BCUT2D eigenvalue weighted by molar-refractivity contribution is 5.89. The van der Waals surface area contributed by atoms with Gasteiger partial charge in [0.25, 0.3) is 0 Å². The summed E-state index contributed by atoms with van der Waals surface area (Å²) in [6.45, 7) is 2.18. The summed E-state index contributed by atoms with van der Waals surface area (Å²) in [5.74, 6) is 2.20. The number of carbonyl (C=O) groups is 1. The van der Waals surface area contributed by atoms with Crippen molar-refractivity contribution in [3.63, 3.8) is 0 Å². The number of anilines is 1. The number of amides is 2. The fraction of sp³-hybridized carbons (Fsp3) is 0.316. The van der Waals surface area contributed by atoms with Crippen LogP contribution in [0.1, 0.15) is 23.0 Å². The van der Waals surface area contributed by atoms with Crippen molar-refractivity contribution in [2.75, 3.05) is 18.5 Å². The monoisotopic (exact) mass is 369 g/mol. The summed E-state index contributed by atoms with van der Waals surface area (Å²) >= 11 is 0. The van der Waals surface area contributed by atoms with Crippen molar-refractivity contribution in [2.24, 2.45) is 5.92 Å². The minimum atomic E-state index is -0.315. The number of carbonyl (C=O) groups excluding carboxylic acids is 1. The van der Waals surface area contributed by atoms with Crippen molar-refractivity contribution in [1.29, 1.82) is 0 Å². The number of nitrogens with zero attached hydrogens (tertiary/aromatic N) is 2. The Hall–Kier alpha value is -3.13. The van der Waals surface area contributed by atoms with Crippen LogP contribution in [0.15, 0.2) is 47.1 Å². The largest absolute Gasteiger partial charge is 0.469 e. The number of benzene rings is 1. The van der Waals surface area contributed by atoms with Crippen molar-refractivity contribution in [3.8, 4) is 0 Å². The lowest BCUT2D eigenvalue weighted by Crippen LogP contribution is -2.34. The molecule has 1 atom stereocenters. The number of aromatic nitrogens is 3. The summed E-state index contributed by atoms with van der Waals surface area (Å²) in [6, 6.07) is 10.9. The summed E-state index contributed by atoms with van der Waals surface area (Å²) in [6.07, 6.45) is 2.79. The molecular weight excluding hydrogens is 346 g/mol. The van der Waals surface area contributed by atoms with Crippen LogP contribution < -0.4 is 10.6 Å². The van der Waals surface area contributed by atoms with Gasteiger partial charge in [-0.25, -0.2) is 9.78 Å². The van der Waals surface area contributed by atoms with Crippen molar-refractivity contribution in [2.45, 2.75) is 19.8 Å². The number of aromatic amines is 1. The summed E-state index contributed by atoms with van der Waals surface area (Å²) in [5, 5.41) is 21.9. The summed E-state index contributed by atoms with van der Waals surface area (Å²) in [4.78, 5) is 16.3. The van der Waals surface area contributed by atoms with E-state index in [1.807, 2.05) is 37.3 Å². The van der Waals surface area contributed by atoms with E-state index in [9.17, 15) is 9.90 Å². The molecule has 27 heavy (non-hydrogen) atoms. The first kappa shape index (κ1) is 18.7. The lowest BCUT2D eigenvalue weighted by atomic mass is 10.1. The van der Waals surface area contributed by atoms with Crippen molar-refractivity contribution in [1.82, 2.24) is 20.5 Å². The molecule has 0 fully saturated rings. The number of hydrogen-bond acceptors (Lipinski definition) is 5. The third-order valence-electron chi connectivity index (χ3n) is 4.10. The van der Waals surface area contributed by atoms with Gasteiger partial charge in [-0.15, -0.1) is 0 Å². The molecule has 2 aromatic heterocycles. The van der Waals surface area contributed by atoms with E-state index in [2.05, 4.69) is 25.8 Å². The molecule has 0 aliphatic carbocycles. The van der Waals surface area contributed by atoms with Gasteiger partial charge in [0.05, 0.1) is 6.26 Å². The molecular formula is C19H23N5O3. The van der Waals surface area contributed by atoms with Gasteiger partial charge in [0.15, 0.2) is 5.82 Å². The molecule has 0 saturated carbocycles. The lowest BCUT2D eigenvalue weighted by Gasteiger charge is -2.14. The van der Waals surface area contributed by atoms with Gasteiger partial charge in [-0.3, -0.25) is 5.10 Å². The summed E-state index contributed by atoms with van der Waals surface area (Å²) in [5.41, 5.74) is 1.74. The number of hydrogen-bond donors (Lipinski definition) is 4. The molecule has 0 radical (unpaired) electrons. The molecule has 0 bridgehead atoms. The third kappa shape index (κ3) is 5.68. The van der Waals surface area contributed by atoms with Gasteiger partial charge in [0.2, 0.25) is 0 Å². The van der Waals surface area contributed by atoms with E-state index >= 15 is 0 Å². The second-order valence-electron chi connectivity index (χ2n) is 6.38. The topological polar surface area (TPSA) is 116 Å². The van der Waals surface area contributed by atoms with E-state index in [-0.39, 0.29) is 18.6 Å². The first-order chi connectivity index (χ1) is 13.1. The molecule has 0 unspecified atom stereocenters. The molecule has 0 spiro atoms. The first-order valence-electron chi connectivity index (χ1n) is 8.77. The maximum atomic E-state index is 12.1. The van der Waals surface area contributed by atoms with Crippen LogP contribution in [0.5, 0.6) is 0 Å². The Balaban J connectivity index is 1.45. The fourth-order valence-corrected chi connectivity index (χ4v) is 2.68. The Morgan fingerprint density at radius 3 is 2.74 bits per heavy atom. The predicted molar refractivity (Wildman–Crippen MR) is 100 cm³/mol. The summed E-state index contributed by atoms with van der Waals surface area (Å²) in [7, 11) is 0. The van der Waals surface area contributed by atoms with Crippen LogP contribution in [-0.2, 0) is 12.8 Å². The van der Waals surface area contributed by atoms with Crippen LogP contribution in [0.4, 0.5) is 10.5 Å². The van der Waals surface area contributed by atoms with Crippen molar-refractivity contribution in [3.05, 3.63) is 65.6 Å². The maximum Gasteiger partial charge on any atom is 0.319 e. The van der Waals surface area contributed by atoms with Gasteiger partial charge in [-0.2, -0.15) is 5.10 Å². The van der Waals surface area contributed by atoms with E-state index in [0.717, 1.165) is 23.0 Å². The number of rotatable bonds is 8. The molecule has 3 aromatic rings. The fourth-order valence-electron chi connectivity index (χ4n) is 2.68. The van der Waals surface area contributed by atoms with Crippen LogP contribution in [0.25, 0.3) is 0 Å². The van der Waals surface area contributed by atoms with E-state index in [1.165, 1.54) is 0 Å². The molecule has 4 N–H and O–H groups in total. The maximum absolute atomic E-state index is 12.1. The van der Waals surface area contributed by atoms with Gasteiger partial charge in [-0.05, 0) is 36.8 Å². The van der Waals surface area contributed by atoms with Crippen LogP contribution in [0.2, 0.25) is 0 Å². The molecule has 8 nitrogen and oxygen atoms in total.